The Morgan fingerprint density at radius 3 is 2.26 bits per heavy atom. The topological polar surface area (TPSA) is 57.8 Å². The summed E-state index contributed by atoms with van der Waals surface area (Å²) in [6.45, 7) is 2.05. The van der Waals surface area contributed by atoms with Gasteiger partial charge < -0.3 is 14.5 Å². The van der Waals surface area contributed by atoms with Gasteiger partial charge in [0.2, 0.25) is 0 Å². The molecule has 166 valence electrons. The fourth-order valence-electron chi connectivity index (χ4n) is 7.32. The number of ether oxygens (including phenoxy) is 1. The Labute approximate surface area is 186 Å². The fourth-order valence-corrected chi connectivity index (χ4v) is 7.32. The van der Waals surface area contributed by atoms with E-state index in [4.69, 9.17) is 4.74 Å². The molecule has 1 aromatic rings. The Bertz CT molecular complexity index is 804. The van der Waals surface area contributed by atoms with E-state index in [-0.39, 0.29) is 11.4 Å². The molecule has 5 nitrogen and oxygen atoms in total. The minimum absolute atomic E-state index is 0.0391. The summed E-state index contributed by atoms with van der Waals surface area (Å²) in [5, 5.41) is 9.29. The number of quaternary nitrogens is 1. The molecule has 5 saturated carbocycles. The van der Waals surface area contributed by atoms with Crippen LogP contribution in [0, 0.1) is 29.1 Å². The van der Waals surface area contributed by atoms with Crippen LogP contribution in [0.4, 0.5) is 0 Å². The normalized spacial score (nSPS) is 31.8. The van der Waals surface area contributed by atoms with Crippen molar-refractivity contribution in [2.45, 2.75) is 75.9 Å². The molecule has 5 aliphatic rings. The van der Waals surface area contributed by atoms with Crippen LogP contribution >= 0.6 is 0 Å². The maximum atomic E-state index is 13.8. The third-order valence-corrected chi connectivity index (χ3v) is 8.45. The lowest BCUT2D eigenvalue weighted by Crippen LogP contribution is -3.13. The van der Waals surface area contributed by atoms with Gasteiger partial charge in [-0.2, -0.15) is 5.26 Å². The second-order valence-corrected chi connectivity index (χ2v) is 10.7. The molecule has 5 heteroatoms. The van der Waals surface area contributed by atoms with Gasteiger partial charge in [0.15, 0.2) is 6.54 Å². The summed E-state index contributed by atoms with van der Waals surface area (Å²) in [7, 11) is 1.69. The number of benzene rings is 1. The van der Waals surface area contributed by atoms with Crippen molar-refractivity contribution in [3.63, 3.8) is 0 Å². The molecule has 6 rings (SSSR count). The van der Waals surface area contributed by atoms with Crippen molar-refractivity contribution in [2.24, 2.45) is 17.8 Å². The number of hydrogen-bond donors (Lipinski definition) is 1. The minimum atomic E-state index is 0.0391. The smallest absolute Gasteiger partial charge is 0.278 e. The van der Waals surface area contributed by atoms with Crippen molar-refractivity contribution in [3.05, 3.63) is 29.8 Å². The van der Waals surface area contributed by atoms with Gasteiger partial charge in [0.05, 0.1) is 25.6 Å². The van der Waals surface area contributed by atoms with E-state index in [1.807, 2.05) is 12.1 Å². The van der Waals surface area contributed by atoms with Crippen LogP contribution in [0.3, 0.4) is 0 Å². The van der Waals surface area contributed by atoms with Gasteiger partial charge in [-0.25, -0.2) is 0 Å². The van der Waals surface area contributed by atoms with Crippen molar-refractivity contribution in [1.29, 1.82) is 5.26 Å². The predicted molar refractivity (Wildman–Crippen MR) is 118 cm³/mol. The zero-order valence-electron chi connectivity index (χ0n) is 18.8. The van der Waals surface area contributed by atoms with Crippen LogP contribution in [0.5, 0.6) is 5.75 Å². The first-order valence-corrected chi connectivity index (χ1v) is 12.2. The third kappa shape index (κ3) is 4.32. The standard InChI is InChI=1S/C26H35N3O2/c1-31-24-7-3-19(4-8-24)17-28(23-5-6-23)18-25(30)29(10-2-9-27)26-14-20-11-21(15-26)13-22(12-20)16-26/h3-4,7-8,20-23H,2,5-6,10-18H2,1H3/p+1. The highest BCUT2D eigenvalue weighted by molar-refractivity contribution is 5.78. The second kappa shape index (κ2) is 8.47. The van der Waals surface area contributed by atoms with Crippen molar-refractivity contribution >= 4 is 5.91 Å². The number of carbonyl (C=O) groups excluding carboxylic acids is 1. The minimum Gasteiger partial charge on any atom is -0.497 e. The number of nitrogens with zero attached hydrogens (tertiary/aromatic N) is 2. The van der Waals surface area contributed by atoms with Gasteiger partial charge in [0.1, 0.15) is 12.3 Å². The largest absolute Gasteiger partial charge is 0.497 e. The molecule has 0 saturated heterocycles. The summed E-state index contributed by atoms with van der Waals surface area (Å²) in [5.74, 6) is 3.56. The Morgan fingerprint density at radius 1 is 1.13 bits per heavy atom. The fraction of sp³-hybridized carbons (Fsp3) is 0.692. The molecular formula is C26H36N3O2+. The first-order chi connectivity index (χ1) is 15.1. The molecule has 5 fully saturated rings. The van der Waals surface area contributed by atoms with E-state index >= 15 is 0 Å². The first-order valence-electron chi connectivity index (χ1n) is 12.2. The number of methoxy groups -OCH3 is 1. The van der Waals surface area contributed by atoms with Gasteiger partial charge in [-0.3, -0.25) is 4.79 Å². The zero-order valence-corrected chi connectivity index (χ0v) is 18.8. The summed E-state index contributed by atoms with van der Waals surface area (Å²) >= 11 is 0. The second-order valence-electron chi connectivity index (χ2n) is 10.7. The maximum absolute atomic E-state index is 13.8. The number of carbonyl (C=O) groups is 1. The molecule has 1 atom stereocenters. The Hall–Kier alpha value is -2.06. The van der Waals surface area contributed by atoms with Crippen molar-refractivity contribution < 1.29 is 14.4 Å². The highest BCUT2D eigenvalue weighted by atomic mass is 16.5. The molecule has 0 spiro atoms. The third-order valence-electron chi connectivity index (χ3n) is 8.45. The van der Waals surface area contributed by atoms with Gasteiger partial charge in [0, 0.05) is 30.5 Å². The van der Waals surface area contributed by atoms with E-state index in [2.05, 4.69) is 23.1 Å². The SMILES string of the molecule is COc1ccc(C[NH+](CC(=O)N(CCC#N)C23CC4CC(CC(C4)C2)C3)C2CC2)cc1. The van der Waals surface area contributed by atoms with Crippen LogP contribution < -0.4 is 9.64 Å². The maximum Gasteiger partial charge on any atom is 0.278 e. The molecule has 1 amide bonds. The molecule has 0 radical (unpaired) electrons. The molecule has 4 bridgehead atoms. The van der Waals surface area contributed by atoms with Crippen molar-refractivity contribution in [1.82, 2.24) is 4.90 Å². The van der Waals surface area contributed by atoms with Crippen LogP contribution in [-0.4, -0.2) is 42.6 Å². The molecule has 1 unspecified atom stereocenters. The van der Waals surface area contributed by atoms with Gasteiger partial charge in [-0.05, 0) is 80.5 Å². The van der Waals surface area contributed by atoms with Gasteiger partial charge in [-0.1, -0.05) is 0 Å². The number of nitriles is 1. The highest BCUT2D eigenvalue weighted by Gasteiger charge is 2.55. The van der Waals surface area contributed by atoms with Crippen LogP contribution in [-0.2, 0) is 11.3 Å². The number of hydrogen-bond acceptors (Lipinski definition) is 3. The Balaban J connectivity index is 1.32. The Morgan fingerprint density at radius 2 is 1.74 bits per heavy atom. The summed E-state index contributed by atoms with van der Waals surface area (Å²) in [6, 6.07) is 11.2. The molecule has 0 aromatic heterocycles. The average molecular weight is 423 g/mol. The summed E-state index contributed by atoms with van der Waals surface area (Å²) in [5.41, 5.74) is 1.30. The molecular weight excluding hydrogens is 386 g/mol. The van der Waals surface area contributed by atoms with Crippen molar-refractivity contribution in [2.75, 3.05) is 20.2 Å². The Kier molecular flexibility index (Phi) is 5.69. The lowest BCUT2D eigenvalue weighted by Gasteiger charge is -2.60. The van der Waals surface area contributed by atoms with Gasteiger partial charge in [-0.15, -0.1) is 0 Å². The molecule has 5 aliphatic carbocycles. The lowest BCUT2D eigenvalue weighted by molar-refractivity contribution is -0.917. The monoisotopic (exact) mass is 422 g/mol. The van der Waals surface area contributed by atoms with Crippen LogP contribution in [0.2, 0.25) is 0 Å². The number of rotatable bonds is 9. The van der Waals surface area contributed by atoms with E-state index in [9.17, 15) is 10.1 Å². The number of amides is 1. The summed E-state index contributed by atoms with van der Waals surface area (Å²) in [4.78, 5) is 17.4. The van der Waals surface area contributed by atoms with E-state index in [0.717, 1.165) is 30.0 Å². The zero-order chi connectivity index (χ0) is 21.4. The summed E-state index contributed by atoms with van der Waals surface area (Å²) in [6.07, 6.45) is 10.5. The summed E-state index contributed by atoms with van der Waals surface area (Å²) < 4.78 is 5.29. The van der Waals surface area contributed by atoms with Crippen LogP contribution in [0.25, 0.3) is 0 Å². The molecule has 1 N–H and O–H groups in total. The number of nitrogens with one attached hydrogen (secondary N) is 1. The molecule has 1 aromatic carbocycles. The van der Waals surface area contributed by atoms with Crippen molar-refractivity contribution in [3.8, 4) is 11.8 Å². The van der Waals surface area contributed by atoms with Gasteiger partial charge >= 0.3 is 0 Å². The van der Waals surface area contributed by atoms with Crippen LogP contribution in [0.15, 0.2) is 24.3 Å². The predicted octanol–water partition coefficient (Wildman–Crippen LogP) is 2.95. The van der Waals surface area contributed by atoms with E-state index in [1.54, 1.807) is 7.11 Å². The van der Waals surface area contributed by atoms with Crippen LogP contribution in [0.1, 0.15) is 63.4 Å². The molecule has 0 aliphatic heterocycles. The van der Waals surface area contributed by atoms with E-state index in [1.165, 1.54) is 61.8 Å². The molecule has 31 heavy (non-hydrogen) atoms. The quantitative estimate of drug-likeness (QED) is 0.666. The highest BCUT2D eigenvalue weighted by Crippen LogP contribution is 2.57. The lowest BCUT2D eigenvalue weighted by atomic mass is 9.52. The van der Waals surface area contributed by atoms with E-state index < -0.39 is 0 Å². The van der Waals surface area contributed by atoms with Gasteiger partial charge in [0.25, 0.3) is 5.91 Å². The molecule has 0 heterocycles. The first kappa shape index (κ1) is 20.8. The average Bonchev–Trinajstić information content (AvgIpc) is 3.58. The van der Waals surface area contributed by atoms with E-state index in [0.29, 0.717) is 25.6 Å².